The van der Waals surface area contributed by atoms with Crippen LogP contribution < -0.4 is 10.0 Å². The molecule has 5 rings (SSSR count). The van der Waals surface area contributed by atoms with Gasteiger partial charge in [-0.1, -0.05) is 54.6 Å². The number of quaternary nitrogens is 1. The van der Waals surface area contributed by atoms with E-state index in [1.165, 1.54) is 0 Å². The molecule has 6 heteroatoms. The van der Waals surface area contributed by atoms with Crippen molar-refractivity contribution in [2.45, 2.75) is 23.5 Å². The molecule has 3 aromatic carbocycles. The van der Waals surface area contributed by atoms with E-state index in [0.29, 0.717) is 6.54 Å². The zero-order valence-electron chi connectivity index (χ0n) is 15.7. The SMILES string of the molecule is O=S(=O)(N[C@H]1c2cccc3cccc(c23)[C@H]1[NH2+]Cc1ccco1)c1ccccc1. The molecule has 0 radical (unpaired) electrons. The Labute approximate surface area is 169 Å². The zero-order valence-corrected chi connectivity index (χ0v) is 16.5. The van der Waals surface area contributed by atoms with Crippen molar-refractivity contribution in [3.8, 4) is 0 Å². The van der Waals surface area contributed by atoms with Gasteiger partial charge in [0.1, 0.15) is 18.6 Å². The number of hydrogen-bond acceptors (Lipinski definition) is 3. The van der Waals surface area contributed by atoms with Gasteiger partial charge in [-0.05, 0) is 40.6 Å². The Kier molecular flexibility index (Phi) is 4.47. The van der Waals surface area contributed by atoms with E-state index in [4.69, 9.17) is 4.42 Å². The summed E-state index contributed by atoms with van der Waals surface area (Å²) >= 11 is 0. The van der Waals surface area contributed by atoms with Crippen molar-refractivity contribution in [3.05, 3.63) is 102 Å². The Hall–Kier alpha value is -2.93. The van der Waals surface area contributed by atoms with Gasteiger partial charge in [0.15, 0.2) is 5.76 Å². The Bertz CT molecular complexity index is 1250. The van der Waals surface area contributed by atoms with Crippen molar-refractivity contribution in [1.29, 1.82) is 0 Å². The summed E-state index contributed by atoms with van der Waals surface area (Å²) in [6.45, 7) is 0.631. The third-order valence-corrected chi connectivity index (χ3v) is 6.97. The van der Waals surface area contributed by atoms with Crippen LogP contribution in [-0.2, 0) is 16.6 Å². The van der Waals surface area contributed by atoms with E-state index in [0.717, 1.165) is 27.7 Å². The monoisotopic (exact) mass is 405 g/mol. The largest absolute Gasteiger partial charge is 0.463 e. The van der Waals surface area contributed by atoms with Crippen molar-refractivity contribution in [3.63, 3.8) is 0 Å². The van der Waals surface area contributed by atoms with E-state index >= 15 is 0 Å². The first kappa shape index (κ1) is 18.1. The van der Waals surface area contributed by atoms with Crippen LogP contribution in [0, 0.1) is 0 Å². The first-order valence-corrected chi connectivity index (χ1v) is 11.1. The van der Waals surface area contributed by atoms with Crippen LogP contribution in [0.1, 0.15) is 29.0 Å². The average molecular weight is 405 g/mol. The van der Waals surface area contributed by atoms with E-state index in [1.54, 1.807) is 30.5 Å². The summed E-state index contributed by atoms with van der Waals surface area (Å²) in [6.07, 6.45) is 1.66. The van der Waals surface area contributed by atoms with Gasteiger partial charge >= 0.3 is 0 Å². The molecule has 1 heterocycles. The van der Waals surface area contributed by atoms with Gasteiger partial charge in [0.2, 0.25) is 10.0 Å². The Morgan fingerprint density at radius 2 is 1.62 bits per heavy atom. The predicted molar refractivity (Wildman–Crippen MR) is 111 cm³/mol. The molecule has 0 spiro atoms. The fraction of sp³-hybridized carbons (Fsp3) is 0.130. The van der Waals surface area contributed by atoms with Crippen LogP contribution in [0.3, 0.4) is 0 Å². The maximum atomic E-state index is 13.1. The average Bonchev–Trinajstić information content (AvgIpc) is 3.36. The van der Waals surface area contributed by atoms with Gasteiger partial charge in [-0.25, -0.2) is 8.42 Å². The standard InChI is InChI=1S/C23H20N2O3S/c26-29(27,18-10-2-1-3-11-18)25-23-20-13-5-8-16-7-4-12-19(21(16)20)22(23)24-15-17-9-6-14-28-17/h1-14,22-25H,15H2/p+1/t22-,23+/m1/s1. The molecule has 29 heavy (non-hydrogen) atoms. The minimum Gasteiger partial charge on any atom is -0.463 e. The first-order valence-electron chi connectivity index (χ1n) is 9.58. The fourth-order valence-corrected chi connectivity index (χ4v) is 5.48. The van der Waals surface area contributed by atoms with E-state index in [1.807, 2.05) is 36.4 Å². The highest BCUT2D eigenvalue weighted by Crippen LogP contribution is 2.42. The van der Waals surface area contributed by atoms with Crippen LogP contribution in [-0.4, -0.2) is 8.42 Å². The lowest BCUT2D eigenvalue weighted by Crippen LogP contribution is -2.85. The molecule has 5 nitrogen and oxygen atoms in total. The quantitative estimate of drug-likeness (QED) is 0.517. The second kappa shape index (κ2) is 7.15. The summed E-state index contributed by atoms with van der Waals surface area (Å²) in [6, 6.07) is 24.1. The molecule has 2 atom stereocenters. The number of nitrogens with two attached hydrogens (primary N) is 1. The Morgan fingerprint density at radius 3 is 2.34 bits per heavy atom. The Morgan fingerprint density at radius 1 is 0.862 bits per heavy atom. The minimum absolute atomic E-state index is 0.0836. The van der Waals surface area contributed by atoms with Crippen LogP contribution in [0.2, 0.25) is 0 Å². The van der Waals surface area contributed by atoms with E-state index in [-0.39, 0.29) is 17.0 Å². The van der Waals surface area contributed by atoms with Crippen molar-refractivity contribution in [1.82, 2.24) is 4.72 Å². The van der Waals surface area contributed by atoms with Gasteiger partial charge in [0, 0.05) is 5.56 Å². The Balaban J connectivity index is 1.55. The van der Waals surface area contributed by atoms with Crippen molar-refractivity contribution in [2.24, 2.45) is 0 Å². The second-order valence-electron chi connectivity index (χ2n) is 7.25. The fourth-order valence-electron chi connectivity index (χ4n) is 4.22. The van der Waals surface area contributed by atoms with Gasteiger partial charge in [0.25, 0.3) is 0 Å². The maximum Gasteiger partial charge on any atom is 0.241 e. The molecule has 0 amide bonds. The molecule has 0 unspecified atom stereocenters. The molecule has 0 fully saturated rings. The highest BCUT2D eigenvalue weighted by Gasteiger charge is 2.39. The van der Waals surface area contributed by atoms with Crippen molar-refractivity contribution >= 4 is 20.8 Å². The number of furan rings is 1. The lowest BCUT2D eigenvalue weighted by atomic mass is 10.0. The first-order chi connectivity index (χ1) is 14.1. The highest BCUT2D eigenvalue weighted by atomic mass is 32.2. The van der Waals surface area contributed by atoms with Crippen molar-refractivity contribution < 1.29 is 18.2 Å². The lowest BCUT2D eigenvalue weighted by Gasteiger charge is -2.21. The smallest absolute Gasteiger partial charge is 0.241 e. The molecular formula is C23H21N2O3S+. The molecule has 0 aliphatic heterocycles. The molecule has 1 aliphatic carbocycles. The summed E-state index contributed by atoms with van der Waals surface area (Å²) in [7, 11) is -3.66. The van der Waals surface area contributed by atoms with Crippen LogP contribution in [0.15, 0.2) is 94.4 Å². The van der Waals surface area contributed by atoms with E-state index < -0.39 is 10.0 Å². The molecule has 0 saturated heterocycles. The minimum atomic E-state index is -3.66. The summed E-state index contributed by atoms with van der Waals surface area (Å²) < 4.78 is 34.6. The van der Waals surface area contributed by atoms with Crippen LogP contribution in [0.5, 0.6) is 0 Å². The molecule has 1 aromatic heterocycles. The topological polar surface area (TPSA) is 75.9 Å². The molecule has 3 N–H and O–H groups in total. The number of benzene rings is 3. The summed E-state index contributed by atoms with van der Waals surface area (Å²) in [5, 5.41) is 4.40. The number of nitrogens with one attached hydrogen (secondary N) is 1. The predicted octanol–water partition coefficient (Wildman–Crippen LogP) is 3.27. The molecule has 0 saturated carbocycles. The molecule has 146 valence electrons. The van der Waals surface area contributed by atoms with Crippen LogP contribution in [0.4, 0.5) is 0 Å². The normalized spacial score (nSPS) is 18.3. The number of sulfonamides is 1. The second-order valence-corrected chi connectivity index (χ2v) is 8.96. The van der Waals surface area contributed by atoms with Gasteiger partial charge in [-0.15, -0.1) is 0 Å². The number of rotatable bonds is 6. The van der Waals surface area contributed by atoms with Gasteiger partial charge < -0.3 is 9.73 Å². The van der Waals surface area contributed by atoms with E-state index in [2.05, 4.69) is 28.2 Å². The highest BCUT2D eigenvalue weighted by molar-refractivity contribution is 7.89. The third kappa shape index (κ3) is 3.25. The maximum absolute atomic E-state index is 13.1. The zero-order chi connectivity index (χ0) is 19.8. The molecule has 4 aromatic rings. The number of hydrogen-bond donors (Lipinski definition) is 2. The van der Waals surface area contributed by atoms with Gasteiger partial charge in [-0.3, -0.25) is 0 Å². The van der Waals surface area contributed by atoms with Gasteiger partial charge in [-0.2, -0.15) is 4.72 Å². The van der Waals surface area contributed by atoms with Crippen LogP contribution >= 0.6 is 0 Å². The summed E-state index contributed by atoms with van der Waals surface area (Å²) in [5.41, 5.74) is 2.16. The molecule has 0 bridgehead atoms. The lowest BCUT2D eigenvalue weighted by molar-refractivity contribution is -0.715. The molecular weight excluding hydrogens is 384 g/mol. The van der Waals surface area contributed by atoms with E-state index in [9.17, 15) is 8.42 Å². The van der Waals surface area contributed by atoms with Crippen LogP contribution in [0.25, 0.3) is 10.8 Å². The van der Waals surface area contributed by atoms with Crippen molar-refractivity contribution in [2.75, 3.05) is 0 Å². The molecule has 1 aliphatic rings. The summed E-state index contributed by atoms with van der Waals surface area (Å²) in [5.74, 6) is 0.859. The third-order valence-electron chi connectivity index (χ3n) is 5.51. The summed E-state index contributed by atoms with van der Waals surface area (Å²) in [4.78, 5) is 0.271. The van der Waals surface area contributed by atoms with Gasteiger partial charge in [0.05, 0.1) is 11.2 Å².